The van der Waals surface area contributed by atoms with E-state index in [4.69, 9.17) is 9.47 Å². The van der Waals surface area contributed by atoms with Crippen molar-refractivity contribution in [2.24, 2.45) is 4.99 Å². The highest BCUT2D eigenvalue weighted by Gasteiger charge is 2.24. The molecule has 1 unspecified atom stereocenters. The van der Waals surface area contributed by atoms with E-state index in [1.54, 1.807) is 14.2 Å². The molecule has 1 aromatic carbocycles. The van der Waals surface area contributed by atoms with Crippen LogP contribution in [0.15, 0.2) is 23.2 Å². The predicted molar refractivity (Wildman–Crippen MR) is 124 cm³/mol. The maximum Gasteiger partial charge on any atom is 0.242 e. The van der Waals surface area contributed by atoms with E-state index in [1.807, 2.05) is 25.1 Å². The first kappa shape index (κ1) is 23.0. The van der Waals surface area contributed by atoms with Crippen molar-refractivity contribution < 1.29 is 14.3 Å². The van der Waals surface area contributed by atoms with E-state index < -0.39 is 0 Å². The molecule has 0 radical (unpaired) electrons. The van der Waals surface area contributed by atoms with E-state index in [9.17, 15) is 4.79 Å². The number of ether oxygens (including phenoxy) is 2. The second kappa shape index (κ2) is 11.7. The summed E-state index contributed by atoms with van der Waals surface area (Å²) in [5, 5.41) is 9.87. The summed E-state index contributed by atoms with van der Waals surface area (Å²) in [7, 11) is 3.33. The first-order valence-corrected chi connectivity index (χ1v) is 11.4. The van der Waals surface area contributed by atoms with Crippen LogP contribution in [0.4, 0.5) is 5.69 Å². The molecule has 172 valence electrons. The van der Waals surface area contributed by atoms with Crippen LogP contribution in [-0.4, -0.2) is 64.3 Å². The zero-order valence-corrected chi connectivity index (χ0v) is 19.1. The molecule has 0 spiro atoms. The highest BCUT2D eigenvalue weighted by Crippen LogP contribution is 2.30. The summed E-state index contributed by atoms with van der Waals surface area (Å²) in [6.07, 6.45) is 6.84. The van der Waals surface area contributed by atoms with Gasteiger partial charge in [0.1, 0.15) is 18.0 Å². The Morgan fingerprint density at radius 1 is 1.03 bits per heavy atom. The van der Waals surface area contributed by atoms with Gasteiger partial charge in [0.05, 0.1) is 14.2 Å². The van der Waals surface area contributed by atoms with Crippen molar-refractivity contribution >= 4 is 17.6 Å². The Bertz CT molecular complexity index is 726. The lowest BCUT2D eigenvalue weighted by Crippen LogP contribution is -2.45. The highest BCUT2D eigenvalue weighted by atomic mass is 16.5. The van der Waals surface area contributed by atoms with Crippen molar-refractivity contribution in [2.75, 3.05) is 45.3 Å². The lowest BCUT2D eigenvalue weighted by molar-refractivity contribution is -0.120. The molecule has 1 aliphatic heterocycles. The zero-order valence-electron chi connectivity index (χ0n) is 19.1. The van der Waals surface area contributed by atoms with Crippen molar-refractivity contribution in [3.05, 3.63) is 18.2 Å². The van der Waals surface area contributed by atoms with Crippen LogP contribution in [0.25, 0.3) is 0 Å². The summed E-state index contributed by atoms with van der Waals surface area (Å²) in [4.78, 5) is 19.1. The van der Waals surface area contributed by atoms with Gasteiger partial charge < -0.3 is 30.3 Å². The largest absolute Gasteiger partial charge is 0.497 e. The molecular weight excluding hydrogens is 394 g/mol. The highest BCUT2D eigenvalue weighted by molar-refractivity contribution is 5.85. The van der Waals surface area contributed by atoms with E-state index >= 15 is 0 Å². The number of benzene rings is 1. The average molecular weight is 432 g/mol. The number of anilines is 1. The third-order valence-electron chi connectivity index (χ3n) is 5.93. The lowest BCUT2D eigenvalue weighted by Gasteiger charge is -2.23. The Balaban J connectivity index is 1.54. The fourth-order valence-corrected chi connectivity index (χ4v) is 4.27. The number of rotatable bonds is 8. The molecule has 0 bridgehead atoms. The Labute approximate surface area is 185 Å². The number of nitrogens with one attached hydrogen (secondary N) is 3. The Morgan fingerprint density at radius 2 is 1.74 bits per heavy atom. The van der Waals surface area contributed by atoms with Crippen molar-refractivity contribution in [1.29, 1.82) is 0 Å². The molecule has 0 aromatic heterocycles. The number of nitrogens with zero attached hydrogens (tertiary/aromatic N) is 2. The minimum absolute atomic E-state index is 0.000581. The molecular formula is C23H37N5O3. The molecule has 1 saturated carbocycles. The summed E-state index contributed by atoms with van der Waals surface area (Å²) in [6.45, 7) is 4.70. The molecule has 31 heavy (non-hydrogen) atoms. The van der Waals surface area contributed by atoms with Crippen LogP contribution < -0.4 is 30.3 Å². The molecule has 1 aliphatic carbocycles. The second-order valence-electron chi connectivity index (χ2n) is 8.24. The van der Waals surface area contributed by atoms with Gasteiger partial charge >= 0.3 is 0 Å². The molecule has 1 aromatic rings. The van der Waals surface area contributed by atoms with Gasteiger partial charge in [-0.25, -0.2) is 4.99 Å². The van der Waals surface area contributed by atoms with Crippen molar-refractivity contribution in [2.45, 2.75) is 57.5 Å². The Morgan fingerprint density at radius 3 is 2.39 bits per heavy atom. The molecule has 2 aliphatic rings. The average Bonchev–Trinajstić information content (AvgIpc) is 3.26. The van der Waals surface area contributed by atoms with Gasteiger partial charge in [0.25, 0.3) is 0 Å². The normalized spacial score (nSPS) is 19.8. The first-order valence-electron chi connectivity index (χ1n) is 11.4. The standard InChI is InChI=1S/C23H37N5O3/c1-4-24-23(25-15-22(29)26-17-8-6-5-7-9-17)27-18-10-11-28(16-18)19-12-20(30-2)14-21(13-19)31-3/h12-14,17-18H,4-11,15-16H2,1-3H3,(H,26,29)(H2,24,25,27). The summed E-state index contributed by atoms with van der Waals surface area (Å²) in [6, 6.07) is 6.50. The van der Waals surface area contributed by atoms with Gasteiger partial charge in [0.2, 0.25) is 5.91 Å². The number of carbonyl (C=O) groups excluding carboxylic acids is 1. The summed E-state index contributed by atoms with van der Waals surface area (Å²) in [5.74, 6) is 2.26. The van der Waals surface area contributed by atoms with E-state index in [1.165, 1.54) is 19.3 Å². The quantitative estimate of drug-likeness (QED) is 0.432. The fraction of sp³-hybridized carbons (Fsp3) is 0.652. The van der Waals surface area contributed by atoms with Crippen LogP contribution in [0.1, 0.15) is 45.4 Å². The molecule has 8 heteroatoms. The van der Waals surface area contributed by atoms with Crippen molar-refractivity contribution in [3.8, 4) is 11.5 Å². The number of guanidine groups is 1. The molecule has 1 saturated heterocycles. The zero-order chi connectivity index (χ0) is 22.1. The van der Waals surface area contributed by atoms with Crippen molar-refractivity contribution in [3.63, 3.8) is 0 Å². The number of aliphatic imine (C=N–C) groups is 1. The van der Waals surface area contributed by atoms with Gasteiger partial charge in [-0.05, 0) is 26.2 Å². The first-order chi connectivity index (χ1) is 15.1. The molecule has 1 amide bonds. The monoisotopic (exact) mass is 431 g/mol. The molecule has 3 N–H and O–H groups in total. The molecule has 3 rings (SSSR count). The van der Waals surface area contributed by atoms with Crippen LogP contribution in [0.2, 0.25) is 0 Å². The van der Waals surface area contributed by atoms with Crippen LogP contribution >= 0.6 is 0 Å². The fourth-order valence-electron chi connectivity index (χ4n) is 4.27. The molecule has 8 nitrogen and oxygen atoms in total. The Hall–Kier alpha value is -2.64. The van der Waals surface area contributed by atoms with Gasteiger partial charge in [-0.1, -0.05) is 19.3 Å². The topological polar surface area (TPSA) is 87.2 Å². The van der Waals surface area contributed by atoms with E-state index in [-0.39, 0.29) is 18.5 Å². The van der Waals surface area contributed by atoms with Gasteiger partial charge in [0.15, 0.2) is 5.96 Å². The minimum Gasteiger partial charge on any atom is -0.497 e. The van der Waals surface area contributed by atoms with Gasteiger partial charge in [-0.15, -0.1) is 0 Å². The SMILES string of the molecule is CCNC(=NCC(=O)NC1CCCCC1)NC1CCN(c2cc(OC)cc(OC)c2)C1. The number of hydrogen-bond donors (Lipinski definition) is 3. The van der Waals surface area contributed by atoms with Crippen molar-refractivity contribution in [1.82, 2.24) is 16.0 Å². The summed E-state index contributed by atoms with van der Waals surface area (Å²) >= 11 is 0. The third-order valence-corrected chi connectivity index (χ3v) is 5.93. The van der Waals surface area contributed by atoms with Gasteiger partial charge in [0, 0.05) is 55.6 Å². The summed E-state index contributed by atoms with van der Waals surface area (Å²) in [5.41, 5.74) is 1.08. The molecule has 2 fully saturated rings. The van der Waals surface area contributed by atoms with Crippen LogP contribution in [0.3, 0.4) is 0 Å². The number of amides is 1. The van der Waals surface area contributed by atoms with Crippen LogP contribution in [-0.2, 0) is 4.79 Å². The number of hydrogen-bond acceptors (Lipinski definition) is 5. The lowest BCUT2D eigenvalue weighted by atomic mass is 9.95. The van der Waals surface area contributed by atoms with Gasteiger partial charge in [-0.3, -0.25) is 4.79 Å². The predicted octanol–water partition coefficient (Wildman–Crippen LogP) is 2.29. The van der Waals surface area contributed by atoms with Crippen LogP contribution in [0.5, 0.6) is 11.5 Å². The van der Waals surface area contributed by atoms with E-state index in [2.05, 4.69) is 25.8 Å². The maximum atomic E-state index is 12.3. The second-order valence-corrected chi connectivity index (χ2v) is 8.24. The van der Waals surface area contributed by atoms with E-state index in [0.29, 0.717) is 12.0 Å². The Kier molecular flexibility index (Phi) is 8.67. The smallest absolute Gasteiger partial charge is 0.242 e. The van der Waals surface area contributed by atoms with Gasteiger partial charge in [-0.2, -0.15) is 0 Å². The maximum absolute atomic E-state index is 12.3. The minimum atomic E-state index is 0.000581. The van der Waals surface area contributed by atoms with Crippen LogP contribution in [0, 0.1) is 0 Å². The molecule has 1 heterocycles. The number of methoxy groups -OCH3 is 2. The molecule has 1 atom stereocenters. The number of carbonyl (C=O) groups is 1. The summed E-state index contributed by atoms with van der Waals surface area (Å²) < 4.78 is 10.8. The van der Waals surface area contributed by atoms with E-state index in [0.717, 1.165) is 56.1 Å². The third kappa shape index (κ3) is 6.94.